The van der Waals surface area contributed by atoms with Crippen LogP contribution in [0.2, 0.25) is 0 Å². The van der Waals surface area contributed by atoms with Crippen LogP contribution in [0.4, 0.5) is 0 Å². The summed E-state index contributed by atoms with van der Waals surface area (Å²) in [4.78, 5) is 11.0. The third-order valence-corrected chi connectivity index (χ3v) is 3.17. The standard InChI is InChI=1S/C10H9IO2/c11-8-6-9(12)13-10(8)7-4-2-1-3-5-7/h1-5,8,10H,6H2. The van der Waals surface area contributed by atoms with E-state index in [2.05, 4.69) is 22.6 Å². The molecule has 68 valence electrons. The number of hydrogen-bond donors (Lipinski definition) is 0. The summed E-state index contributed by atoms with van der Waals surface area (Å²) in [5.74, 6) is -0.0896. The van der Waals surface area contributed by atoms with Gasteiger partial charge in [0.1, 0.15) is 6.10 Å². The molecule has 2 nitrogen and oxygen atoms in total. The maximum atomic E-state index is 11.0. The number of cyclic esters (lactones) is 1. The Kier molecular flexibility index (Phi) is 2.53. The molecule has 0 bridgehead atoms. The predicted octanol–water partition coefficient (Wildman–Crippen LogP) is 2.48. The van der Waals surface area contributed by atoms with Gasteiger partial charge in [-0.3, -0.25) is 4.79 Å². The average molecular weight is 288 g/mol. The minimum absolute atomic E-state index is 0.0469. The molecule has 0 saturated carbocycles. The molecule has 2 atom stereocenters. The fraction of sp³-hybridized carbons (Fsp3) is 0.300. The lowest BCUT2D eigenvalue weighted by Gasteiger charge is -2.12. The molecule has 1 saturated heterocycles. The van der Waals surface area contributed by atoms with Gasteiger partial charge in [0.25, 0.3) is 0 Å². The third kappa shape index (κ3) is 1.85. The molecule has 1 heterocycles. The summed E-state index contributed by atoms with van der Waals surface area (Å²) in [7, 11) is 0. The average Bonchev–Trinajstić information content (AvgIpc) is 2.47. The Labute approximate surface area is 90.4 Å². The SMILES string of the molecule is O=C1CC(I)C(c2ccccc2)O1. The quantitative estimate of drug-likeness (QED) is 0.451. The number of hydrogen-bond acceptors (Lipinski definition) is 2. The summed E-state index contributed by atoms with van der Waals surface area (Å²) in [6.45, 7) is 0. The molecule has 1 aliphatic rings. The van der Waals surface area contributed by atoms with Crippen LogP contribution >= 0.6 is 22.6 Å². The van der Waals surface area contributed by atoms with Crippen LogP contribution in [0, 0.1) is 0 Å². The maximum absolute atomic E-state index is 11.0. The topological polar surface area (TPSA) is 26.3 Å². The second-order valence-electron chi connectivity index (χ2n) is 3.04. The van der Waals surface area contributed by atoms with E-state index in [1.165, 1.54) is 0 Å². The van der Waals surface area contributed by atoms with Crippen molar-refractivity contribution in [3.63, 3.8) is 0 Å². The van der Waals surface area contributed by atoms with Gasteiger partial charge in [0.15, 0.2) is 0 Å². The van der Waals surface area contributed by atoms with E-state index >= 15 is 0 Å². The Bertz CT molecular complexity index is 310. The Hall–Kier alpha value is -0.580. The molecule has 0 spiro atoms. The molecule has 13 heavy (non-hydrogen) atoms. The molecular weight excluding hydrogens is 279 g/mol. The lowest BCUT2D eigenvalue weighted by molar-refractivity contribution is -0.141. The molecule has 1 aromatic carbocycles. The highest BCUT2D eigenvalue weighted by atomic mass is 127. The van der Waals surface area contributed by atoms with Gasteiger partial charge >= 0.3 is 5.97 Å². The molecule has 0 aromatic heterocycles. The molecule has 2 rings (SSSR count). The van der Waals surface area contributed by atoms with E-state index in [0.717, 1.165) is 5.56 Å². The summed E-state index contributed by atoms with van der Waals surface area (Å²) < 4.78 is 5.48. The van der Waals surface area contributed by atoms with Gasteiger partial charge in [-0.25, -0.2) is 0 Å². The van der Waals surface area contributed by atoms with Crippen LogP contribution in [0.15, 0.2) is 30.3 Å². The second-order valence-corrected chi connectivity index (χ2v) is 4.64. The van der Waals surface area contributed by atoms with Crippen molar-refractivity contribution >= 4 is 28.6 Å². The molecule has 1 fully saturated rings. The minimum Gasteiger partial charge on any atom is -0.456 e. The van der Waals surface area contributed by atoms with E-state index in [0.29, 0.717) is 6.42 Å². The molecule has 0 amide bonds. The third-order valence-electron chi connectivity index (χ3n) is 2.08. The van der Waals surface area contributed by atoms with E-state index in [9.17, 15) is 4.79 Å². The Morgan fingerprint density at radius 2 is 2.00 bits per heavy atom. The smallest absolute Gasteiger partial charge is 0.307 e. The van der Waals surface area contributed by atoms with Crippen molar-refractivity contribution in [3.05, 3.63) is 35.9 Å². The first kappa shape index (κ1) is 8.99. The number of ether oxygens (including phenoxy) is 1. The highest BCUT2D eigenvalue weighted by Crippen LogP contribution is 2.34. The van der Waals surface area contributed by atoms with Crippen molar-refractivity contribution in [1.82, 2.24) is 0 Å². The summed E-state index contributed by atoms with van der Waals surface area (Å²) in [5, 5.41) is 0. The number of esters is 1. The van der Waals surface area contributed by atoms with Crippen LogP contribution in [0.5, 0.6) is 0 Å². The molecule has 2 unspecified atom stereocenters. The Morgan fingerprint density at radius 3 is 2.54 bits per heavy atom. The first-order valence-corrected chi connectivity index (χ1v) is 5.40. The molecular formula is C10H9IO2. The zero-order valence-corrected chi connectivity index (χ0v) is 9.10. The molecule has 0 aliphatic carbocycles. The van der Waals surface area contributed by atoms with Gasteiger partial charge < -0.3 is 4.74 Å². The van der Waals surface area contributed by atoms with Gasteiger partial charge in [-0.05, 0) is 5.56 Å². The van der Waals surface area contributed by atoms with Gasteiger partial charge in [0.2, 0.25) is 0 Å². The lowest BCUT2D eigenvalue weighted by atomic mass is 10.1. The van der Waals surface area contributed by atoms with E-state index < -0.39 is 0 Å². The first-order valence-electron chi connectivity index (χ1n) is 4.16. The highest BCUT2D eigenvalue weighted by Gasteiger charge is 2.33. The number of rotatable bonds is 1. The number of halogens is 1. The fourth-order valence-electron chi connectivity index (χ4n) is 1.45. The molecule has 3 heteroatoms. The largest absolute Gasteiger partial charge is 0.456 e. The van der Waals surface area contributed by atoms with Gasteiger partial charge in [0.05, 0.1) is 10.3 Å². The highest BCUT2D eigenvalue weighted by molar-refractivity contribution is 14.1. The van der Waals surface area contributed by atoms with Crippen molar-refractivity contribution in [2.24, 2.45) is 0 Å². The lowest BCUT2D eigenvalue weighted by Crippen LogP contribution is -2.05. The van der Waals surface area contributed by atoms with Gasteiger partial charge in [-0.2, -0.15) is 0 Å². The van der Waals surface area contributed by atoms with Crippen molar-refractivity contribution in [2.75, 3.05) is 0 Å². The van der Waals surface area contributed by atoms with Gasteiger partial charge in [-0.1, -0.05) is 52.9 Å². The number of benzene rings is 1. The number of alkyl halides is 1. The van der Waals surface area contributed by atoms with Crippen LogP contribution < -0.4 is 0 Å². The van der Waals surface area contributed by atoms with Crippen LogP contribution in [0.25, 0.3) is 0 Å². The summed E-state index contributed by atoms with van der Waals surface area (Å²) in [5.41, 5.74) is 1.09. The molecule has 1 aliphatic heterocycles. The van der Waals surface area contributed by atoms with E-state index in [1.54, 1.807) is 0 Å². The van der Waals surface area contributed by atoms with Crippen molar-refractivity contribution in [1.29, 1.82) is 0 Å². The van der Waals surface area contributed by atoms with E-state index in [-0.39, 0.29) is 16.0 Å². The van der Waals surface area contributed by atoms with Crippen molar-refractivity contribution in [3.8, 4) is 0 Å². The summed E-state index contributed by atoms with van der Waals surface area (Å²) >= 11 is 2.27. The monoisotopic (exact) mass is 288 g/mol. The maximum Gasteiger partial charge on any atom is 0.307 e. The first-order chi connectivity index (χ1) is 6.27. The Balaban J connectivity index is 2.23. The zero-order valence-electron chi connectivity index (χ0n) is 6.94. The Morgan fingerprint density at radius 1 is 1.31 bits per heavy atom. The van der Waals surface area contributed by atoms with Gasteiger partial charge in [-0.15, -0.1) is 0 Å². The van der Waals surface area contributed by atoms with Crippen LogP contribution in [-0.2, 0) is 9.53 Å². The number of carbonyl (C=O) groups excluding carboxylic acids is 1. The molecule has 1 aromatic rings. The van der Waals surface area contributed by atoms with Gasteiger partial charge in [0, 0.05) is 0 Å². The van der Waals surface area contributed by atoms with E-state index in [4.69, 9.17) is 4.74 Å². The summed E-state index contributed by atoms with van der Waals surface area (Å²) in [6.07, 6.45) is 0.481. The summed E-state index contributed by atoms with van der Waals surface area (Å²) in [6, 6.07) is 9.88. The van der Waals surface area contributed by atoms with Crippen LogP contribution in [0.1, 0.15) is 18.1 Å². The fourth-order valence-corrected chi connectivity index (χ4v) is 2.37. The van der Waals surface area contributed by atoms with E-state index in [1.807, 2.05) is 30.3 Å². The molecule has 0 radical (unpaired) electrons. The van der Waals surface area contributed by atoms with Crippen LogP contribution in [-0.4, -0.2) is 9.89 Å². The van der Waals surface area contributed by atoms with Crippen LogP contribution in [0.3, 0.4) is 0 Å². The minimum atomic E-state index is -0.0896. The van der Waals surface area contributed by atoms with Crippen molar-refractivity contribution < 1.29 is 9.53 Å². The van der Waals surface area contributed by atoms with Crippen molar-refractivity contribution in [2.45, 2.75) is 16.4 Å². The zero-order chi connectivity index (χ0) is 9.26. The molecule has 0 N–H and O–H groups in total. The number of carbonyl (C=O) groups is 1. The second kappa shape index (κ2) is 3.65. The predicted molar refractivity (Wildman–Crippen MR) is 57.7 cm³/mol. The normalized spacial score (nSPS) is 27.3.